The van der Waals surface area contributed by atoms with Crippen molar-refractivity contribution >= 4 is 26.7 Å². The van der Waals surface area contributed by atoms with E-state index in [0.29, 0.717) is 0 Å². The third kappa shape index (κ3) is 2.58. The van der Waals surface area contributed by atoms with Crippen molar-refractivity contribution in [3.05, 3.63) is 48.3 Å². The van der Waals surface area contributed by atoms with Crippen molar-refractivity contribution in [2.45, 2.75) is 13.0 Å². The van der Waals surface area contributed by atoms with E-state index in [1.807, 2.05) is 30.5 Å². The number of nitrogens with zero attached hydrogens (tertiary/aromatic N) is 2. The molecular formula is C15H15N3OS. The summed E-state index contributed by atoms with van der Waals surface area (Å²) in [6.07, 6.45) is 3.65. The smallest absolute Gasteiger partial charge is 0.184 e. The Morgan fingerprint density at radius 3 is 2.95 bits per heavy atom. The molecule has 0 amide bonds. The Morgan fingerprint density at radius 1 is 1.30 bits per heavy atom. The average Bonchev–Trinajstić information content (AvgIpc) is 2.89. The molecule has 1 N–H and O–H groups in total. The molecule has 1 atom stereocenters. The van der Waals surface area contributed by atoms with Crippen LogP contribution in [-0.4, -0.2) is 17.1 Å². The van der Waals surface area contributed by atoms with Crippen LogP contribution in [0.5, 0.6) is 5.75 Å². The highest BCUT2D eigenvalue weighted by atomic mass is 32.1. The first-order valence-electron chi connectivity index (χ1n) is 6.37. The summed E-state index contributed by atoms with van der Waals surface area (Å²) < 4.78 is 6.35. The predicted molar refractivity (Wildman–Crippen MR) is 82.4 cm³/mol. The zero-order valence-electron chi connectivity index (χ0n) is 11.3. The van der Waals surface area contributed by atoms with E-state index < -0.39 is 0 Å². The molecule has 0 aliphatic heterocycles. The number of hydrogen-bond donors (Lipinski definition) is 1. The van der Waals surface area contributed by atoms with Gasteiger partial charge in [0.15, 0.2) is 5.13 Å². The van der Waals surface area contributed by atoms with E-state index in [9.17, 15) is 0 Å². The number of benzene rings is 1. The second-order valence-corrected chi connectivity index (χ2v) is 5.54. The van der Waals surface area contributed by atoms with Crippen LogP contribution in [0.1, 0.15) is 18.5 Å². The number of thiazole rings is 1. The number of rotatable bonds is 4. The van der Waals surface area contributed by atoms with Crippen LogP contribution in [0.3, 0.4) is 0 Å². The Balaban J connectivity index is 1.84. The van der Waals surface area contributed by atoms with E-state index in [2.05, 4.69) is 28.3 Å². The van der Waals surface area contributed by atoms with Crippen LogP contribution >= 0.6 is 11.3 Å². The number of ether oxygens (including phenoxy) is 1. The minimum Gasteiger partial charge on any atom is -0.497 e. The van der Waals surface area contributed by atoms with Gasteiger partial charge in [0.2, 0.25) is 0 Å². The molecule has 0 aliphatic rings. The molecule has 0 aliphatic carbocycles. The Kier molecular flexibility index (Phi) is 3.52. The minimum absolute atomic E-state index is 0.172. The van der Waals surface area contributed by atoms with Crippen molar-refractivity contribution in [2.75, 3.05) is 12.4 Å². The highest BCUT2D eigenvalue weighted by Crippen LogP contribution is 2.31. The summed E-state index contributed by atoms with van der Waals surface area (Å²) >= 11 is 1.63. The lowest BCUT2D eigenvalue weighted by atomic mass is 10.1. The Hall–Kier alpha value is -2.14. The normalized spacial score (nSPS) is 12.3. The maximum Gasteiger partial charge on any atom is 0.184 e. The number of methoxy groups -OCH3 is 1. The molecule has 3 aromatic rings. The number of pyridine rings is 1. The molecule has 20 heavy (non-hydrogen) atoms. The fourth-order valence-electron chi connectivity index (χ4n) is 1.99. The van der Waals surface area contributed by atoms with E-state index in [4.69, 9.17) is 4.74 Å². The third-order valence-electron chi connectivity index (χ3n) is 3.12. The van der Waals surface area contributed by atoms with Crippen molar-refractivity contribution in [3.63, 3.8) is 0 Å². The third-order valence-corrected chi connectivity index (χ3v) is 4.07. The molecule has 0 saturated heterocycles. The highest BCUT2D eigenvalue weighted by molar-refractivity contribution is 7.22. The molecule has 5 heteroatoms. The maximum absolute atomic E-state index is 5.23. The number of fused-ring (bicyclic) bond motifs is 1. The van der Waals surface area contributed by atoms with Gasteiger partial charge in [-0.3, -0.25) is 4.98 Å². The van der Waals surface area contributed by atoms with Gasteiger partial charge in [0.05, 0.1) is 23.4 Å². The zero-order valence-corrected chi connectivity index (χ0v) is 12.1. The first kappa shape index (κ1) is 12.9. The van der Waals surface area contributed by atoms with Gasteiger partial charge in [0.1, 0.15) is 5.75 Å². The lowest BCUT2D eigenvalue weighted by molar-refractivity contribution is 0.415. The number of anilines is 1. The van der Waals surface area contributed by atoms with Crippen LogP contribution in [-0.2, 0) is 0 Å². The van der Waals surface area contributed by atoms with E-state index >= 15 is 0 Å². The van der Waals surface area contributed by atoms with Crippen LogP contribution in [0.25, 0.3) is 10.2 Å². The van der Waals surface area contributed by atoms with Crippen LogP contribution in [0.15, 0.2) is 42.7 Å². The molecule has 3 rings (SSSR count). The van der Waals surface area contributed by atoms with Gasteiger partial charge in [-0.1, -0.05) is 17.4 Å². The van der Waals surface area contributed by atoms with Crippen LogP contribution < -0.4 is 10.1 Å². The van der Waals surface area contributed by atoms with E-state index in [1.54, 1.807) is 24.6 Å². The van der Waals surface area contributed by atoms with Gasteiger partial charge in [0, 0.05) is 12.4 Å². The summed E-state index contributed by atoms with van der Waals surface area (Å²) in [6, 6.07) is 10.1. The van der Waals surface area contributed by atoms with Crippen molar-refractivity contribution < 1.29 is 4.74 Å². The first-order chi connectivity index (χ1) is 9.76. The summed E-state index contributed by atoms with van der Waals surface area (Å²) in [5, 5.41) is 4.32. The predicted octanol–water partition coefficient (Wildman–Crippen LogP) is 3.87. The Morgan fingerprint density at radius 2 is 2.20 bits per heavy atom. The fourth-order valence-corrected chi connectivity index (χ4v) is 2.98. The first-order valence-corrected chi connectivity index (χ1v) is 7.19. The summed E-state index contributed by atoms with van der Waals surface area (Å²) in [4.78, 5) is 8.72. The van der Waals surface area contributed by atoms with Crippen molar-refractivity contribution in [1.82, 2.24) is 9.97 Å². The quantitative estimate of drug-likeness (QED) is 0.790. The number of aromatic nitrogens is 2. The molecule has 4 nitrogen and oxygen atoms in total. The molecule has 0 fully saturated rings. The highest BCUT2D eigenvalue weighted by Gasteiger charge is 2.09. The minimum atomic E-state index is 0.172. The molecule has 102 valence electrons. The largest absolute Gasteiger partial charge is 0.497 e. The molecule has 0 radical (unpaired) electrons. The van der Waals surface area contributed by atoms with Gasteiger partial charge in [-0.05, 0) is 36.8 Å². The fraction of sp³-hybridized carbons (Fsp3) is 0.200. The topological polar surface area (TPSA) is 47.0 Å². The summed E-state index contributed by atoms with van der Waals surface area (Å²) in [6.45, 7) is 2.10. The second-order valence-electron chi connectivity index (χ2n) is 4.51. The molecule has 2 aromatic heterocycles. The van der Waals surface area contributed by atoms with Gasteiger partial charge in [-0.2, -0.15) is 0 Å². The summed E-state index contributed by atoms with van der Waals surface area (Å²) in [5.41, 5.74) is 2.13. The Bertz CT molecular complexity index is 711. The second kappa shape index (κ2) is 5.46. The van der Waals surface area contributed by atoms with Gasteiger partial charge >= 0.3 is 0 Å². The van der Waals surface area contributed by atoms with Gasteiger partial charge in [-0.15, -0.1) is 0 Å². The number of nitrogens with one attached hydrogen (secondary N) is 1. The monoisotopic (exact) mass is 285 g/mol. The van der Waals surface area contributed by atoms with Crippen LogP contribution in [0.4, 0.5) is 5.13 Å². The Labute approximate surface area is 121 Å². The molecule has 1 aromatic carbocycles. The molecular weight excluding hydrogens is 270 g/mol. The van der Waals surface area contributed by atoms with Gasteiger partial charge in [0.25, 0.3) is 0 Å². The van der Waals surface area contributed by atoms with E-state index in [1.165, 1.54) is 0 Å². The van der Waals surface area contributed by atoms with E-state index in [-0.39, 0.29) is 6.04 Å². The lowest BCUT2D eigenvalue weighted by Gasteiger charge is -2.12. The molecule has 0 saturated carbocycles. The van der Waals surface area contributed by atoms with Gasteiger partial charge < -0.3 is 10.1 Å². The maximum atomic E-state index is 5.23. The summed E-state index contributed by atoms with van der Waals surface area (Å²) in [7, 11) is 1.67. The zero-order chi connectivity index (χ0) is 13.9. The molecule has 1 unspecified atom stereocenters. The molecule has 2 heterocycles. The van der Waals surface area contributed by atoms with Crippen molar-refractivity contribution in [1.29, 1.82) is 0 Å². The van der Waals surface area contributed by atoms with Crippen molar-refractivity contribution in [2.24, 2.45) is 0 Å². The SMILES string of the molecule is COc1ccc2nc(NC(C)c3cccnc3)sc2c1. The summed E-state index contributed by atoms with van der Waals surface area (Å²) in [5.74, 6) is 0.855. The van der Waals surface area contributed by atoms with Crippen molar-refractivity contribution in [3.8, 4) is 5.75 Å². The lowest BCUT2D eigenvalue weighted by Crippen LogP contribution is -2.06. The molecule has 0 spiro atoms. The van der Waals surface area contributed by atoms with Crippen LogP contribution in [0.2, 0.25) is 0 Å². The van der Waals surface area contributed by atoms with Gasteiger partial charge in [-0.25, -0.2) is 4.98 Å². The van der Waals surface area contributed by atoms with E-state index in [0.717, 1.165) is 26.7 Å². The average molecular weight is 285 g/mol. The van der Waals surface area contributed by atoms with Crippen LogP contribution in [0, 0.1) is 0 Å². The molecule has 0 bridgehead atoms. The standard InChI is InChI=1S/C15H15N3OS/c1-10(11-4-3-7-16-9-11)17-15-18-13-6-5-12(19-2)8-14(13)20-15/h3-10H,1-2H3,(H,17,18). The number of hydrogen-bond acceptors (Lipinski definition) is 5.